The van der Waals surface area contributed by atoms with Gasteiger partial charge in [-0.2, -0.15) is 0 Å². The van der Waals surface area contributed by atoms with E-state index in [0.29, 0.717) is 5.92 Å². The van der Waals surface area contributed by atoms with Gasteiger partial charge in [-0.05, 0) is 43.4 Å². The van der Waals surface area contributed by atoms with Crippen LogP contribution in [-0.2, 0) is 4.79 Å². The lowest BCUT2D eigenvalue weighted by Crippen LogP contribution is -2.48. The van der Waals surface area contributed by atoms with Crippen LogP contribution in [0, 0.1) is 5.92 Å². The van der Waals surface area contributed by atoms with E-state index in [-0.39, 0.29) is 5.91 Å². The van der Waals surface area contributed by atoms with Gasteiger partial charge in [-0.3, -0.25) is 4.79 Å². The Balaban J connectivity index is 2.22. The normalized spacial score (nSPS) is 28.0. The number of amides is 1. The van der Waals surface area contributed by atoms with Gasteiger partial charge in [0.25, 0.3) is 0 Å². The molecule has 92 valence electrons. The second-order valence-corrected chi connectivity index (χ2v) is 5.85. The molecule has 0 aromatic heterocycles. The van der Waals surface area contributed by atoms with Crippen LogP contribution in [0.15, 0.2) is 28.7 Å². The van der Waals surface area contributed by atoms with Crippen LogP contribution in [-0.4, -0.2) is 11.4 Å². The van der Waals surface area contributed by atoms with E-state index in [1.54, 1.807) is 0 Å². The first kappa shape index (κ1) is 12.4. The third kappa shape index (κ3) is 2.63. The molecular formula is C13H17BrN2O. The van der Waals surface area contributed by atoms with Gasteiger partial charge in [-0.15, -0.1) is 0 Å². The number of nitrogens with two attached hydrogens (primary N) is 1. The summed E-state index contributed by atoms with van der Waals surface area (Å²) >= 11 is 3.42. The first-order valence-corrected chi connectivity index (χ1v) is 6.65. The Kier molecular flexibility index (Phi) is 3.43. The molecule has 17 heavy (non-hydrogen) atoms. The number of halogens is 1. The summed E-state index contributed by atoms with van der Waals surface area (Å²) < 4.78 is 0.994. The van der Waals surface area contributed by atoms with Crippen molar-refractivity contribution in [3.63, 3.8) is 0 Å². The average Bonchev–Trinajstić information content (AvgIpc) is 2.61. The van der Waals surface area contributed by atoms with E-state index in [9.17, 15) is 4.79 Å². The van der Waals surface area contributed by atoms with Crippen LogP contribution in [0.25, 0.3) is 0 Å². The number of rotatable bonds is 3. The van der Waals surface area contributed by atoms with E-state index in [1.165, 1.54) is 0 Å². The molecular weight excluding hydrogens is 280 g/mol. The summed E-state index contributed by atoms with van der Waals surface area (Å²) in [7, 11) is 0. The SMILES string of the molecule is CC1CCC(Nc2cccc(Br)c2)(C(N)=O)C1. The summed E-state index contributed by atoms with van der Waals surface area (Å²) in [6.45, 7) is 2.16. The van der Waals surface area contributed by atoms with Gasteiger partial charge in [0.2, 0.25) is 5.91 Å². The van der Waals surface area contributed by atoms with Crippen LogP contribution in [0.1, 0.15) is 26.2 Å². The molecule has 1 amide bonds. The molecule has 4 heteroatoms. The Morgan fingerprint density at radius 1 is 1.59 bits per heavy atom. The van der Waals surface area contributed by atoms with Gasteiger partial charge in [0.15, 0.2) is 0 Å². The highest BCUT2D eigenvalue weighted by molar-refractivity contribution is 9.10. The van der Waals surface area contributed by atoms with E-state index in [0.717, 1.165) is 29.4 Å². The number of carbonyl (C=O) groups excluding carboxylic acids is 1. The zero-order chi connectivity index (χ0) is 12.5. The Hall–Kier alpha value is -1.03. The van der Waals surface area contributed by atoms with Crippen LogP contribution < -0.4 is 11.1 Å². The van der Waals surface area contributed by atoms with Gasteiger partial charge in [0.1, 0.15) is 5.54 Å². The van der Waals surface area contributed by atoms with E-state index < -0.39 is 5.54 Å². The lowest BCUT2D eigenvalue weighted by Gasteiger charge is -2.28. The average molecular weight is 297 g/mol. The molecule has 0 saturated heterocycles. The summed E-state index contributed by atoms with van der Waals surface area (Å²) in [5.41, 5.74) is 5.94. The Bertz CT molecular complexity index is 435. The second-order valence-electron chi connectivity index (χ2n) is 4.93. The standard InChI is InChI=1S/C13H17BrN2O/c1-9-5-6-13(8-9,12(15)17)16-11-4-2-3-10(14)7-11/h2-4,7,9,16H,5-6,8H2,1H3,(H2,15,17). The lowest BCUT2D eigenvalue weighted by atomic mass is 9.95. The van der Waals surface area contributed by atoms with Crippen LogP contribution in [0.5, 0.6) is 0 Å². The van der Waals surface area contributed by atoms with Crippen molar-refractivity contribution in [2.45, 2.75) is 31.7 Å². The molecule has 1 aliphatic rings. The first-order valence-electron chi connectivity index (χ1n) is 5.85. The highest BCUT2D eigenvalue weighted by Crippen LogP contribution is 2.37. The van der Waals surface area contributed by atoms with Crippen LogP contribution in [0.4, 0.5) is 5.69 Å². The van der Waals surface area contributed by atoms with Crippen molar-refractivity contribution in [2.75, 3.05) is 5.32 Å². The van der Waals surface area contributed by atoms with Crippen molar-refractivity contribution in [3.8, 4) is 0 Å². The molecule has 1 aliphatic carbocycles. The smallest absolute Gasteiger partial charge is 0.243 e. The number of nitrogens with one attached hydrogen (secondary N) is 1. The summed E-state index contributed by atoms with van der Waals surface area (Å²) in [5, 5.41) is 3.32. The minimum atomic E-state index is -0.569. The Morgan fingerprint density at radius 2 is 2.35 bits per heavy atom. The largest absolute Gasteiger partial charge is 0.371 e. The molecule has 1 aromatic carbocycles. The Labute approximate surface area is 110 Å². The molecule has 0 heterocycles. The van der Waals surface area contributed by atoms with E-state index in [2.05, 4.69) is 28.2 Å². The minimum absolute atomic E-state index is 0.248. The highest BCUT2D eigenvalue weighted by Gasteiger charge is 2.42. The third-order valence-corrected chi connectivity index (χ3v) is 3.93. The highest BCUT2D eigenvalue weighted by atomic mass is 79.9. The zero-order valence-corrected chi connectivity index (χ0v) is 11.5. The molecule has 0 radical (unpaired) electrons. The van der Waals surface area contributed by atoms with Crippen molar-refractivity contribution < 1.29 is 4.79 Å². The van der Waals surface area contributed by atoms with Crippen LogP contribution >= 0.6 is 15.9 Å². The first-order chi connectivity index (χ1) is 8.02. The molecule has 2 unspecified atom stereocenters. The molecule has 1 saturated carbocycles. The van der Waals surface area contributed by atoms with E-state index in [1.807, 2.05) is 24.3 Å². The topological polar surface area (TPSA) is 55.1 Å². The number of anilines is 1. The quantitative estimate of drug-likeness (QED) is 0.901. The van der Waals surface area contributed by atoms with Crippen molar-refractivity contribution in [2.24, 2.45) is 11.7 Å². The molecule has 3 nitrogen and oxygen atoms in total. The molecule has 2 rings (SSSR count). The third-order valence-electron chi connectivity index (χ3n) is 3.44. The van der Waals surface area contributed by atoms with Gasteiger partial charge in [-0.1, -0.05) is 28.9 Å². The van der Waals surface area contributed by atoms with Crippen molar-refractivity contribution >= 4 is 27.5 Å². The van der Waals surface area contributed by atoms with Gasteiger partial charge in [-0.25, -0.2) is 0 Å². The van der Waals surface area contributed by atoms with E-state index in [4.69, 9.17) is 5.73 Å². The molecule has 0 bridgehead atoms. The number of hydrogen-bond acceptors (Lipinski definition) is 2. The second kappa shape index (κ2) is 4.69. The maximum Gasteiger partial charge on any atom is 0.243 e. The predicted octanol–water partition coefficient (Wildman–Crippen LogP) is 2.91. The summed E-state index contributed by atoms with van der Waals surface area (Å²) in [5.74, 6) is 0.295. The Morgan fingerprint density at radius 3 is 2.88 bits per heavy atom. The van der Waals surface area contributed by atoms with Crippen LogP contribution in [0.2, 0.25) is 0 Å². The van der Waals surface area contributed by atoms with Crippen LogP contribution in [0.3, 0.4) is 0 Å². The molecule has 2 atom stereocenters. The fourth-order valence-corrected chi connectivity index (χ4v) is 2.93. The predicted molar refractivity (Wildman–Crippen MR) is 72.7 cm³/mol. The summed E-state index contributed by atoms with van der Waals surface area (Å²) in [6, 6.07) is 7.82. The summed E-state index contributed by atoms with van der Waals surface area (Å²) in [6.07, 6.45) is 2.68. The maximum atomic E-state index is 11.7. The molecule has 3 N–H and O–H groups in total. The monoisotopic (exact) mass is 296 g/mol. The number of hydrogen-bond donors (Lipinski definition) is 2. The maximum absolute atomic E-state index is 11.7. The molecule has 1 aromatic rings. The van der Waals surface area contributed by atoms with Gasteiger partial charge in [0.05, 0.1) is 0 Å². The molecule has 0 spiro atoms. The number of benzene rings is 1. The van der Waals surface area contributed by atoms with Crippen molar-refractivity contribution in [1.29, 1.82) is 0 Å². The van der Waals surface area contributed by atoms with Gasteiger partial charge < -0.3 is 11.1 Å². The van der Waals surface area contributed by atoms with E-state index >= 15 is 0 Å². The molecule has 1 fully saturated rings. The fourth-order valence-electron chi connectivity index (χ4n) is 2.53. The zero-order valence-electron chi connectivity index (χ0n) is 9.87. The number of carbonyl (C=O) groups is 1. The van der Waals surface area contributed by atoms with Gasteiger partial charge in [0, 0.05) is 10.2 Å². The van der Waals surface area contributed by atoms with Gasteiger partial charge >= 0.3 is 0 Å². The van der Waals surface area contributed by atoms with Crippen molar-refractivity contribution in [3.05, 3.63) is 28.7 Å². The minimum Gasteiger partial charge on any atom is -0.371 e. The summed E-state index contributed by atoms with van der Waals surface area (Å²) in [4.78, 5) is 11.7. The number of primary amides is 1. The molecule has 0 aliphatic heterocycles. The van der Waals surface area contributed by atoms with Crippen molar-refractivity contribution in [1.82, 2.24) is 0 Å². The lowest BCUT2D eigenvalue weighted by molar-refractivity contribution is -0.122. The fraction of sp³-hybridized carbons (Fsp3) is 0.462.